The van der Waals surface area contributed by atoms with Gasteiger partial charge in [0, 0.05) is 18.4 Å². The van der Waals surface area contributed by atoms with E-state index in [0.29, 0.717) is 6.61 Å². The van der Waals surface area contributed by atoms with Gasteiger partial charge < -0.3 is 4.43 Å². The first-order valence-corrected chi connectivity index (χ1v) is 14.6. The van der Waals surface area contributed by atoms with Crippen LogP contribution in [0.25, 0.3) is 0 Å². The van der Waals surface area contributed by atoms with Crippen LogP contribution in [0.1, 0.15) is 53.0 Å². The van der Waals surface area contributed by atoms with Crippen molar-refractivity contribution in [1.29, 1.82) is 0 Å². The highest BCUT2D eigenvalue weighted by Gasteiger charge is 2.49. The first kappa shape index (κ1) is 26.7. The van der Waals surface area contributed by atoms with Gasteiger partial charge in [-0.2, -0.15) is 0 Å². The molecule has 0 aliphatic rings. The standard InChI is InChI=1S/C33H40OSi/c1-32(2,3)35(30-22-14-10-15-23-30,31-24-16-11-17-25-31)34-27-19-8-6-7-18-26-33(4,5)28-29-20-12-9-13-21-29/h6,8-17,20-25H,7,19,27-28H2,1-5H3/b8-6+. The van der Waals surface area contributed by atoms with Gasteiger partial charge in [0.25, 0.3) is 8.32 Å². The molecule has 0 aromatic heterocycles. The number of rotatable bonds is 9. The first-order chi connectivity index (χ1) is 16.7. The van der Waals surface area contributed by atoms with E-state index < -0.39 is 8.32 Å². The summed E-state index contributed by atoms with van der Waals surface area (Å²) in [5, 5.41) is 2.67. The second-order valence-electron chi connectivity index (χ2n) is 10.8. The Kier molecular flexibility index (Phi) is 9.32. The third-order valence-corrected chi connectivity index (χ3v) is 11.4. The predicted molar refractivity (Wildman–Crippen MR) is 154 cm³/mol. The third kappa shape index (κ3) is 7.31. The number of hydrogen-bond acceptors (Lipinski definition) is 1. The van der Waals surface area contributed by atoms with Crippen LogP contribution in [0.4, 0.5) is 0 Å². The molecule has 0 amide bonds. The van der Waals surface area contributed by atoms with E-state index >= 15 is 0 Å². The van der Waals surface area contributed by atoms with Crippen molar-refractivity contribution in [3.05, 3.63) is 109 Å². The van der Waals surface area contributed by atoms with E-state index in [2.05, 4.69) is 150 Å². The highest BCUT2D eigenvalue weighted by atomic mass is 28.4. The highest BCUT2D eigenvalue weighted by Crippen LogP contribution is 2.36. The van der Waals surface area contributed by atoms with Gasteiger partial charge >= 0.3 is 0 Å². The van der Waals surface area contributed by atoms with Gasteiger partial charge in [0.05, 0.1) is 0 Å². The van der Waals surface area contributed by atoms with Gasteiger partial charge in [-0.05, 0) is 47.7 Å². The normalized spacial score (nSPS) is 12.4. The lowest BCUT2D eigenvalue weighted by Crippen LogP contribution is -2.66. The van der Waals surface area contributed by atoms with E-state index in [0.717, 1.165) is 19.3 Å². The van der Waals surface area contributed by atoms with Gasteiger partial charge in [0.2, 0.25) is 0 Å². The molecule has 2 heteroatoms. The first-order valence-electron chi connectivity index (χ1n) is 12.7. The average Bonchev–Trinajstić information content (AvgIpc) is 2.84. The van der Waals surface area contributed by atoms with Gasteiger partial charge in [-0.15, -0.1) is 0 Å². The van der Waals surface area contributed by atoms with Crippen molar-refractivity contribution in [3.63, 3.8) is 0 Å². The molecule has 3 rings (SSSR count). The molecule has 3 aromatic carbocycles. The molecule has 0 N–H and O–H groups in total. The molecule has 0 radical (unpaired) electrons. The van der Waals surface area contributed by atoms with Crippen molar-refractivity contribution in [2.45, 2.75) is 58.9 Å². The van der Waals surface area contributed by atoms with Crippen molar-refractivity contribution < 1.29 is 4.43 Å². The van der Waals surface area contributed by atoms with Crippen molar-refractivity contribution in [1.82, 2.24) is 0 Å². The van der Waals surface area contributed by atoms with Gasteiger partial charge in [0.1, 0.15) is 0 Å². The third-order valence-electron chi connectivity index (χ3n) is 6.32. The Labute approximate surface area is 214 Å². The summed E-state index contributed by atoms with van der Waals surface area (Å²) in [5.41, 5.74) is 1.31. The molecule has 35 heavy (non-hydrogen) atoms. The molecule has 0 bridgehead atoms. The van der Waals surface area contributed by atoms with Crippen LogP contribution in [0.5, 0.6) is 0 Å². The SMILES string of the molecule is CC(C)(C#CC/C=C/CCO[Si](c1ccccc1)(c1ccccc1)C(C)(C)C)Cc1ccccc1. The lowest BCUT2D eigenvalue weighted by Gasteiger charge is -2.43. The van der Waals surface area contributed by atoms with E-state index in [1.165, 1.54) is 15.9 Å². The topological polar surface area (TPSA) is 9.23 Å². The lowest BCUT2D eigenvalue weighted by atomic mass is 9.86. The van der Waals surface area contributed by atoms with Crippen LogP contribution < -0.4 is 10.4 Å². The fourth-order valence-electron chi connectivity index (χ4n) is 4.74. The van der Waals surface area contributed by atoms with Crippen molar-refractivity contribution in [3.8, 4) is 11.8 Å². The van der Waals surface area contributed by atoms with E-state index in [4.69, 9.17) is 4.43 Å². The minimum absolute atomic E-state index is 0.00916. The number of benzene rings is 3. The second kappa shape index (κ2) is 12.2. The fourth-order valence-corrected chi connectivity index (χ4v) is 9.32. The van der Waals surface area contributed by atoms with Crippen LogP contribution in [0, 0.1) is 17.3 Å². The Bertz CT molecular complexity index is 1070. The van der Waals surface area contributed by atoms with E-state index in [1.807, 2.05) is 0 Å². The van der Waals surface area contributed by atoms with Crippen LogP contribution in [0.3, 0.4) is 0 Å². The molecule has 1 nitrogen and oxygen atoms in total. The van der Waals surface area contributed by atoms with E-state index in [9.17, 15) is 0 Å². The monoisotopic (exact) mass is 480 g/mol. The van der Waals surface area contributed by atoms with Gasteiger partial charge in [0.15, 0.2) is 0 Å². The summed E-state index contributed by atoms with van der Waals surface area (Å²) < 4.78 is 6.95. The predicted octanol–water partition coefficient (Wildman–Crippen LogP) is 7.17. The highest BCUT2D eigenvalue weighted by molar-refractivity contribution is 6.99. The maximum absolute atomic E-state index is 6.95. The largest absolute Gasteiger partial charge is 0.407 e. The smallest absolute Gasteiger partial charge is 0.261 e. The summed E-state index contributed by atoms with van der Waals surface area (Å²) in [6.45, 7) is 12.1. The number of allylic oxidation sites excluding steroid dienone is 1. The molecule has 0 saturated heterocycles. The van der Waals surface area contributed by atoms with E-state index in [1.54, 1.807) is 0 Å². The fraction of sp³-hybridized carbons (Fsp3) is 0.333. The molecule has 0 aliphatic carbocycles. The average molecular weight is 481 g/mol. The Morgan fingerprint density at radius 3 is 1.74 bits per heavy atom. The number of hydrogen-bond donors (Lipinski definition) is 0. The van der Waals surface area contributed by atoms with Gasteiger partial charge in [-0.25, -0.2) is 0 Å². The van der Waals surface area contributed by atoms with Crippen molar-refractivity contribution in [2.75, 3.05) is 6.61 Å². The Hall–Kier alpha value is -2.86. The van der Waals surface area contributed by atoms with Crippen LogP contribution in [0.15, 0.2) is 103 Å². The minimum Gasteiger partial charge on any atom is -0.407 e. The summed E-state index contributed by atoms with van der Waals surface area (Å²) in [7, 11) is -2.45. The summed E-state index contributed by atoms with van der Waals surface area (Å²) in [6, 6.07) is 32.3. The van der Waals surface area contributed by atoms with Crippen LogP contribution in [-0.4, -0.2) is 14.9 Å². The summed E-state index contributed by atoms with van der Waals surface area (Å²) in [6.07, 6.45) is 7.03. The zero-order valence-electron chi connectivity index (χ0n) is 22.1. The minimum atomic E-state index is -2.45. The zero-order valence-corrected chi connectivity index (χ0v) is 23.1. The molecule has 0 heterocycles. The molecule has 0 aliphatic heterocycles. The van der Waals surface area contributed by atoms with Gasteiger partial charge in [-0.1, -0.05) is 136 Å². The lowest BCUT2D eigenvalue weighted by molar-refractivity contribution is 0.304. The Balaban J connectivity index is 1.63. The molecule has 0 spiro atoms. The molecule has 182 valence electrons. The summed E-state index contributed by atoms with van der Waals surface area (Å²) in [4.78, 5) is 0. The van der Waals surface area contributed by atoms with Crippen molar-refractivity contribution >= 4 is 18.7 Å². The van der Waals surface area contributed by atoms with Crippen molar-refractivity contribution in [2.24, 2.45) is 5.41 Å². The second-order valence-corrected chi connectivity index (χ2v) is 15.1. The molecule has 0 fully saturated rings. The molecular formula is C33H40OSi. The molecule has 0 saturated carbocycles. The van der Waals surface area contributed by atoms with Crippen LogP contribution >= 0.6 is 0 Å². The van der Waals surface area contributed by atoms with Crippen LogP contribution in [0.2, 0.25) is 5.04 Å². The summed E-state index contributed by atoms with van der Waals surface area (Å²) >= 11 is 0. The molecule has 0 unspecified atom stereocenters. The molecule has 0 atom stereocenters. The Morgan fingerprint density at radius 2 is 1.23 bits per heavy atom. The quantitative estimate of drug-likeness (QED) is 0.136. The Morgan fingerprint density at radius 1 is 0.714 bits per heavy atom. The van der Waals surface area contributed by atoms with Gasteiger partial charge in [-0.3, -0.25) is 0 Å². The van der Waals surface area contributed by atoms with Crippen LogP contribution in [-0.2, 0) is 10.8 Å². The molecular weight excluding hydrogens is 440 g/mol. The van der Waals surface area contributed by atoms with E-state index in [-0.39, 0.29) is 10.5 Å². The maximum Gasteiger partial charge on any atom is 0.261 e. The molecule has 3 aromatic rings. The zero-order chi connectivity index (χ0) is 25.2. The maximum atomic E-state index is 6.95. The summed E-state index contributed by atoms with van der Waals surface area (Å²) in [5.74, 6) is 6.82.